The largest absolute Gasteiger partial charge is 0.504 e. The Hall–Kier alpha value is -3.02. The van der Waals surface area contributed by atoms with E-state index in [1.807, 2.05) is 19.1 Å². The topological polar surface area (TPSA) is 83.0 Å². The Kier molecular flexibility index (Phi) is 5.57. The second kappa shape index (κ2) is 7.84. The number of rotatable bonds is 6. The number of para-hydroxylation sites is 1. The normalized spacial score (nSPS) is 10.5. The molecule has 2 aromatic carbocycles. The molecule has 0 spiro atoms. The molecule has 2 aromatic rings. The molecule has 23 heavy (non-hydrogen) atoms. The number of hydrogen-bond donors (Lipinski definition) is 3. The summed E-state index contributed by atoms with van der Waals surface area (Å²) in [5.74, 6) is 0.134. The molecule has 0 saturated carbocycles. The van der Waals surface area contributed by atoms with E-state index in [1.165, 1.54) is 12.3 Å². The Morgan fingerprint density at radius 2 is 2.09 bits per heavy atom. The second-order valence-electron chi connectivity index (χ2n) is 4.65. The van der Waals surface area contributed by atoms with Gasteiger partial charge in [0.05, 0.1) is 18.4 Å². The number of hydrazone groups is 1. The standard InChI is InChI=1S/C17H19N3O3/c1-3-23-16-10-12(8-9-15(16)21)11-19-20-17(22)13-6-4-5-7-14(13)18-2/h4-11,18,21H,3H2,1-2H3,(H,20,22)/b19-11-. The number of benzene rings is 2. The van der Waals surface area contributed by atoms with Crippen LogP contribution in [0, 0.1) is 0 Å². The summed E-state index contributed by atoms with van der Waals surface area (Å²) in [4.78, 5) is 12.1. The fourth-order valence-corrected chi connectivity index (χ4v) is 2.01. The highest BCUT2D eigenvalue weighted by Gasteiger charge is 2.08. The van der Waals surface area contributed by atoms with Crippen molar-refractivity contribution in [3.05, 3.63) is 53.6 Å². The first-order chi connectivity index (χ1) is 11.2. The van der Waals surface area contributed by atoms with Crippen molar-refractivity contribution < 1.29 is 14.6 Å². The molecule has 0 aliphatic heterocycles. The summed E-state index contributed by atoms with van der Waals surface area (Å²) in [7, 11) is 1.75. The molecule has 0 aliphatic carbocycles. The third-order valence-corrected chi connectivity index (χ3v) is 3.10. The van der Waals surface area contributed by atoms with Crippen LogP contribution in [0.2, 0.25) is 0 Å². The molecule has 0 unspecified atom stereocenters. The first kappa shape index (κ1) is 16.4. The molecule has 0 aromatic heterocycles. The van der Waals surface area contributed by atoms with Gasteiger partial charge in [0.1, 0.15) is 0 Å². The van der Waals surface area contributed by atoms with E-state index >= 15 is 0 Å². The van der Waals surface area contributed by atoms with Gasteiger partial charge in [-0.25, -0.2) is 5.43 Å². The number of ether oxygens (including phenoxy) is 1. The zero-order valence-electron chi connectivity index (χ0n) is 13.0. The maximum absolute atomic E-state index is 12.1. The van der Waals surface area contributed by atoms with Crippen molar-refractivity contribution in [3.63, 3.8) is 0 Å². The van der Waals surface area contributed by atoms with Crippen LogP contribution in [0.1, 0.15) is 22.8 Å². The molecule has 1 amide bonds. The monoisotopic (exact) mass is 313 g/mol. The van der Waals surface area contributed by atoms with Crippen LogP contribution in [0.3, 0.4) is 0 Å². The predicted octanol–water partition coefficient (Wildman–Crippen LogP) is 2.60. The van der Waals surface area contributed by atoms with Gasteiger partial charge in [-0.3, -0.25) is 4.79 Å². The van der Waals surface area contributed by atoms with Crippen LogP contribution in [0.4, 0.5) is 5.69 Å². The summed E-state index contributed by atoms with van der Waals surface area (Å²) < 4.78 is 5.30. The highest BCUT2D eigenvalue weighted by molar-refractivity contribution is 5.99. The molecule has 0 fully saturated rings. The van der Waals surface area contributed by atoms with Gasteiger partial charge in [0.2, 0.25) is 0 Å². The van der Waals surface area contributed by atoms with Gasteiger partial charge in [0.15, 0.2) is 11.5 Å². The molecule has 0 saturated heterocycles. The Bertz CT molecular complexity index is 714. The van der Waals surface area contributed by atoms with Crippen LogP contribution >= 0.6 is 0 Å². The zero-order chi connectivity index (χ0) is 16.7. The third kappa shape index (κ3) is 4.23. The van der Waals surface area contributed by atoms with Gasteiger partial charge in [-0.1, -0.05) is 12.1 Å². The van der Waals surface area contributed by atoms with Gasteiger partial charge < -0.3 is 15.2 Å². The highest BCUT2D eigenvalue weighted by atomic mass is 16.5. The predicted molar refractivity (Wildman–Crippen MR) is 90.3 cm³/mol. The van der Waals surface area contributed by atoms with Crippen molar-refractivity contribution in [2.75, 3.05) is 19.0 Å². The molecule has 120 valence electrons. The van der Waals surface area contributed by atoms with Gasteiger partial charge in [-0.05, 0) is 42.8 Å². The molecule has 3 N–H and O–H groups in total. The minimum atomic E-state index is -0.310. The summed E-state index contributed by atoms with van der Waals surface area (Å²) >= 11 is 0. The van der Waals surface area contributed by atoms with Crippen molar-refractivity contribution in [1.82, 2.24) is 5.43 Å². The quantitative estimate of drug-likeness (QED) is 0.565. The second-order valence-corrected chi connectivity index (χ2v) is 4.65. The lowest BCUT2D eigenvalue weighted by Gasteiger charge is -2.07. The molecular weight excluding hydrogens is 294 g/mol. The lowest BCUT2D eigenvalue weighted by atomic mass is 10.1. The number of carbonyl (C=O) groups excluding carboxylic acids is 1. The first-order valence-electron chi connectivity index (χ1n) is 7.21. The van der Waals surface area contributed by atoms with Gasteiger partial charge in [0, 0.05) is 12.7 Å². The van der Waals surface area contributed by atoms with E-state index in [-0.39, 0.29) is 11.7 Å². The molecular formula is C17H19N3O3. The number of nitrogens with one attached hydrogen (secondary N) is 2. The van der Waals surface area contributed by atoms with Gasteiger partial charge in [-0.2, -0.15) is 5.10 Å². The van der Waals surface area contributed by atoms with E-state index in [0.29, 0.717) is 23.5 Å². The van der Waals surface area contributed by atoms with E-state index in [9.17, 15) is 9.90 Å². The highest BCUT2D eigenvalue weighted by Crippen LogP contribution is 2.26. The maximum Gasteiger partial charge on any atom is 0.273 e. The van der Waals surface area contributed by atoms with E-state index < -0.39 is 0 Å². The Labute approximate surface area is 134 Å². The summed E-state index contributed by atoms with van der Waals surface area (Å²) in [5, 5.41) is 16.5. The maximum atomic E-state index is 12.1. The minimum Gasteiger partial charge on any atom is -0.504 e. The number of hydrogen-bond acceptors (Lipinski definition) is 5. The van der Waals surface area contributed by atoms with Crippen molar-refractivity contribution >= 4 is 17.8 Å². The molecule has 2 rings (SSSR count). The molecule has 0 atom stereocenters. The molecule has 6 heteroatoms. The van der Waals surface area contributed by atoms with Crippen molar-refractivity contribution in [1.29, 1.82) is 0 Å². The average molecular weight is 313 g/mol. The fourth-order valence-electron chi connectivity index (χ4n) is 2.01. The van der Waals surface area contributed by atoms with Crippen LogP contribution in [0.15, 0.2) is 47.6 Å². The van der Waals surface area contributed by atoms with E-state index in [0.717, 1.165) is 5.69 Å². The van der Waals surface area contributed by atoms with Crippen molar-refractivity contribution in [3.8, 4) is 11.5 Å². The lowest BCUT2D eigenvalue weighted by Crippen LogP contribution is -2.18. The van der Waals surface area contributed by atoms with Crippen LogP contribution in [-0.2, 0) is 0 Å². The summed E-state index contributed by atoms with van der Waals surface area (Å²) in [5.41, 5.74) is 4.41. The number of carbonyl (C=O) groups is 1. The van der Waals surface area contributed by atoms with E-state index in [2.05, 4.69) is 15.8 Å². The van der Waals surface area contributed by atoms with Crippen molar-refractivity contribution in [2.45, 2.75) is 6.92 Å². The molecule has 6 nitrogen and oxygen atoms in total. The average Bonchev–Trinajstić information content (AvgIpc) is 2.57. The zero-order valence-corrected chi connectivity index (χ0v) is 13.0. The number of phenols is 1. The fraction of sp³-hybridized carbons (Fsp3) is 0.176. The third-order valence-electron chi connectivity index (χ3n) is 3.10. The SMILES string of the molecule is CCOc1cc(/C=N\NC(=O)c2ccccc2NC)ccc1O. The lowest BCUT2D eigenvalue weighted by molar-refractivity contribution is 0.0956. The number of nitrogens with zero attached hydrogens (tertiary/aromatic N) is 1. The van der Waals surface area contributed by atoms with Crippen LogP contribution in [-0.4, -0.2) is 30.9 Å². The smallest absolute Gasteiger partial charge is 0.273 e. The molecule has 0 bridgehead atoms. The summed E-state index contributed by atoms with van der Waals surface area (Å²) in [6, 6.07) is 12.0. The van der Waals surface area contributed by atoms with Crippen molar-refractivity contribution in [2.24, 2.45) is 5.10 Å². The Morgan fingerprint density at radius 1 is 1.30 bits per heavy atom. The van der Waals surface area contributed by atoms with E-state index in [4.69, 9.17) is 4.74 Å². The van der Waals surface area contributed by atoms with Crippen LogP contribution < -0.4 is 15.5 Å². The van der Waals surface area contributed by atoms with Gasteiger partial charge in [-0.15, -0.1) is 0 Å². The number of phenolic OH excluding ortho intramolecular Hbond substituents is 1. The van der Waals surface area contributed by atoms with Crippen LogP contribution in [0.5, 0.6) is 11.5 Å². The molecule has 0 aliphatic rings. The van der Waals surface area contributed by atoms with E-state index in [1.54, 1.807) is 31.3 Å². The number of anilines is 1. The van der Waals surface area contributed by atoms with Crippen LogP contribution in [0.25, 0.3) is 0 Å². The minimum absolute atomic E-state index is 0.0657. The number of amides is 1. The molecule has 0 radical (unpaired) electrons. The summed E-state index contributed by atoms with van der Waals surface area (Å²) in [6.45, 7) is 2.28. The first-order valence-corrected chi connectivity index (χ1v) is 7.21. The Balaban J connectivity index is 2.06. The molecule has 0 heterocycles. The number of aromatic hydroxyl groups is 1. The summed E-state index contributed by atoms with van der Waals surface area (Å²) in [6.07, 6.45) is 1.49. The van der Waals surface area contributed by atoms with Gasteiger partial charge in [0.25, 0.3) is 5.91 Å². The Morgan fingerprint density at radius 3 is 2.83 bits per heavy atom. The van der Waals surface area contributed by atoms with Gasteiger partial charge >= 0.3 is 0 Å².